The van der Waals surface area contributed by atoms with E-state index in [4.69, 9.17) is 5.26 Å². The zero-order chi connectivity index (χ0) is 9.10. The Morgan fingerprint density at radius 3 is 2.77 bits per heavy atom. The number of nitriles is 1. The lowest BCUT2D eigenvalue weighted by molar-refractivity contribution is 0.744. The summed E-state index contributed by atoms with van der Waals surface area (Å²) in [6.07, 6.45) is 0. The number of nitrogens with zero attached hydrogens (tertiary/aromatic N) is 2. The third kappa shape index (κ3) is 1.65. The minimum atomic E-state index is 0.0934. The van der Waals surface area contributed by atoms with Gasteiger partial charge in [-0.3, -0.25) is 5.43 Å². The summed E-state index contributed by atoms with van der Waals surface area (Å²) in [4.78, 5) is 0. The normalized spacial score (nSPS) is 20.2. The predicted octanol–water partition coefficient (Wildman–Crippen LogP) is 1.86. The fraction of sp³-hybridized carbons (Fsp3) is 0.111. The Kier molecular flexibility index (Phi) is 2.19. The number of thioether (sulfide) groups is 1. The highest BCUT2D eigenvalue weighted by Gasteiger charge is 2.19. The molecule has 64 valence electrons. The summed E-state index contributed by atoms with van der Waals surface area (Å²) in [7, 11) is 0. The molecule has 0 saturated heterocycles. The van der Waals surface area contributed by atoms with E-state index in [0.29, 0.717) is 5.04 Å². The van der Waals surface area contributed by atoms with Gasteiger partial charge in [0.2, 0.25) is 0 Å². The molecule has 1 aromatic carbocycles. The standard InChI is InChI=1S/C9H7N3S/c10-6-8-11-12-9(13-8)7-4-2-1-3-5-7/h1-5,9,12H/t9-/m1/s1. The molecular formula is C9H7N3S. The second kappa shape index (κ2) is 3.50. The van der Waals surface area contributed by atoms with Crippen molar-refractivity contribution in [3.63, 3.8) is 0 Å². The van der Waals surface area contributed by atoms with Gasteiger partial charge in [0.25, 0.3) is 0 Å². The summed E-state index contributed by atoms with van der Waals surface area (Å²) in [6, 6.07) is 12.0. The number of benzene rings is 1. The molecule has 0 bridgehead atoms. The summed E-state index contributed by atoms with van der Waals surface area (Å²) in [5.74, 6) is 0. The average molecular weight is 189 g/mol. The molecular weight excluding hydrogens is 182 g/mol. The smallest absolute Gasteiger partial charge is 0.195 e. The largest absolute Gasteiger partial charge is 0.290 e. The van der Waals surface area contributed by atoms with Crippen LogP contribution in [0.3, 0.4) is 0 Å². The van der Waals surface area contributed by atoms with Gasteiger partial charge in [0.1, 0.15) is 11.4 Å². The molecule has 4 heteroatoms. The molecule has 1 aromatic rings. The molecule has 0 unspecified atom stereocenters. The van der Waals surface area contributed by atoms with Crippen LogP contribution in [-0.2, 0) is 0 Å². The highest BCUT2D eigenvalue weighted by Crippen LogP contribution is 2.30. The first-order valence-corrected chi connectivity index (χ1v) is 4.73. The number of nitrogens with one attached hydrogen (secondary N) is 1. The van der Waals surface area contributed by atoms with Crippen LogP contribution in [0.5, 0.6) is 0 Å². The van der Waals surface area contributed by atoms with Crippen LogP contribution in [0.15, 0.2) is 35.4 Å². The molecule has 1 atom stereocenters. The Morgan fingerprint density at radius 1 is 1.38 bits per heavy atom. The molecule has 0 aromatic heterocycles. The molecule has 0 radical (unpaired) electrons. The third-order valence-corrected chi connectivity index (χ3v) is 2.73. The van der Waals surface area contributed by atoms with Gasteiger partial charge in [0.15, 0.2) is 5.04 Å². The second-order valence-corrected chi connectivity index (χ2v) is 3.66. The lowest BCUT2D eigenvalue weighted by Crippen LogP contribution is -2.05. The highest BCUT2D eigenvalue weighted by atomic mass is 32.2. The fourth-order valence-electron chi connectivity index (χ4n) is 1.10. The molecule has 1 N–H and O–H groups in total. The topological polar surface area (TPSA) is 48.2 Å². The first-order chi connectivity index (χ1) is 6.40. The Morgan fingerprint density at radius 2 is 2.15 bits per heavy atom. The van der Waals surface area contributed by atoms with Gasteiger partial charge in [0.05, 0.1) is 0 Å². The monoisotopic (exact) mass is 189 g/mol. The number of hydrogen-bond donors (Lipinski definition) is 1. The van der Waals surface area contributed by atoms with Crippen LogP contribution in [0.4, 0.5) is 0 Å². The molecule has 0 amide bonds. The van der Waals surface area contributed by atoms with E-state index in [1.54, 1.807) is 0 Å². The Hall–Kier alpha value is -1.47. The van der Waals surface area contributed by atoms with Crippen LogP contribution in [0, 0.1) is 11.3 Å². The van der Waals surface area contributed by atoms with Crippen molar-refractivity contribution in [1.29, 1.82) is 5.26 Å². The number of rotatable bonds is 1. The predicted molar refractivity (Wildman–Crippen MR) is 53.0 cm³/mol. The van der Waals surface area contributed by atoms with E-state index in [2.05, 4.69) is 10.5 Å². The van der Waals surface area contributed by atoms with Crippen molar-refractivity contribution < 1.29 is 0 Å². The van der Waals surface area contributed by atoms with Crippen molar-refractivity contribution in [2.24, 2.45) is 5.10 Å². The molecule has 0 saturated carbocycles. The summed E-state index contributed by atoms with van der Waals surface area (Å²) < 4.78 is 0. The van der Waals surface area contributed by atoms with Crippen LogP contribution in [-0.4, -0.2) is 5.04 Å². The molecule has 1 aliphatic rings. The molecule has 2 rings (SSSR count). The van der Waals surface area contributed by atoms with Crippen LogP contribution in [0.2, 0.25) is 0 Å². The zero-order valence-corrected chi connectivity index (χ0v) is 7.58. The maximum atomic E-state index is 8.59. The molecule has 3 nitrogen and oxygen atoms in total. The van der Waals surface area contributed by atoms with Crippen molar-refractivity contribution in [2.45, 2.75) is 5.37 Å². The zero-order valence-electron chi connectivity index (χ0n) is 6.77. The fourth-order valence-corrected chi connectivity index (χ4v) is 1.88. The minimum absolute atomic E-state index is 0.0934. The van der Waals surface area contributed by atoms with E-state index in [1.807, 2.05) is 36.4 Å². The molecule has 1 aliphatic heterocycles. The van der Waals surface area contributed by atoms with Gasteiger partial charge in [0, 0.05) is 0 Å². The number of hydrazone groups is 1. The van der Waals surface area contributed by atoms with E-state index in [-0.39, 0.29) is 5.37 Å². The molecule has 0 spiro atoms. The summed E-state index contributed by atoms with van der Waals surface area (Å²) in [5, 5.41) is 13.1. The van der Waals surface area contributed by atoms with Crippen molar-refractivity contribution >= 4 is 16.8 Å². The van der Waals surface area contributed by atoms with Gasteiger partial charge in [-0.2, -0.15) is 10.4 Å². The van der Waals surface area contributed by atoms with Gasteiger partial charge < -0.3 is 0 Å². The van der Waals surface area contributed by atoms with E-state index < -0.39 is 0 Å². The molecule has 0 aliphatic carbocycles. The average Bonchev–Trinajstić information content (AvgIpc) is 2.67. The van der Waals surface area contributed by atoms with E-state index in [0.717, 1.165) is 5.56 Å². The summed E-state index contributed by atoms with van der Waals surface area (Å²) >= 11 is 1.44. The van der Waals surface area contributed by atoms with Crippen molar-refractivity contribution in [1.82, 2.24) is 5.43 Å². The van der Waals surface area contributed by atoms with Gasteiger partial charge in [-0.1, -0.05) is 42.1 Å². The van der Waals surface area contributed by atoms with Crippen molar-refractivity contribution in [2.75, 3.05) is 0 Å². The van der Waals surface area contributed by atoms with E-state index in [9.17, 15) is 0 Å². The minimum Gasteiger partial charge on any atom is -0.290 e. The van der Waals surface area contributed by atoms with E-state index >= 15 is 0 Å². The van der Waals surface area contributed by atoms with Gasteiger partial charge in [-0.05, 0) is 5.56 Å². The maximum absolute atomic E-state index is 8.59. The third-order valence-electron chi connectivity index (χ3n) is 1.71. The lowest BCUT2D eigenvalue weighted by Gasteiger charge is -2.07. The van der Waals surface area contributed by atoms with Gasteiger partial charge in [-0.25, -0.2) is 0 Å². The summed E-state index contributed by atoms with van der Waals surface area (Å²) in [6.45, 7) is 0. The SMILES string of the molecule is N#CC1=NN[C@@H](c2ccccc2)S1. The molecule has 1 heterocycles. The molecule has 13 heavy (non-hydrogen) atoms. The van der Waals surface area contributed by atoms with E-state index in [1.165, 1.54) is 11.8 Å². The van der Waals surface area contributed by atoms with Crippen LogP contribution in [0.25, 0.3) is 0 Å². The van der Waals surface area contributed by atoms with Crippen molar-refractivity contribution in [3.05, 3.63) is 35.9 Å². The lowest BCUT2D eigenvalue weighted by atomic mass is 10.2. The first kappa shape index (κ1) is 8.14. The maximum Gasteiger partial charge on any atom is 0.195 e. The highest BCUT2D eigenvalue weighted by molar-refractivity contribution is 8.14. The Balaban J connectivity index is 2.12. The van der Waals surface area contributed by atoms with Gasteiger partial charge >= 0.3 is 0 Å². The Labute approximate surface area is 80.5 Å². The second-order valence-electron chi connectivity index (χ2n) is 2.57. The van der Waals surface area contributed by atoms with Crippen LogP contribution in [0.1, 0.15) is 10.9 Å². The first-order valence-electron chi connectivity index (χ1n) is 3.85. The Bertz CT molecular complexity index is 366. The van der Waals surface area contributed by atoms with Crippen LogP contribution < -0.4 is 5.43 Å². The van der Waals surface area contributed by atoms with Crippen molar-refractivity contribution in [3.8, 4) is 6.07 Å². The van der Waals surface area contributed by atoms with Crippen LogP contribution >= 0.6 is 11.8 Å². The summed E-state index contributed by atoms with van der Waals surface area (Å²) in [5.41, 5.74) is 4.04. The molecule has 0 fully saturated rings. The van der Waals surface area contributed by atoms with Gasteiger partial charge in [-0.15, -0.1) is 0 Å². The quantitative estimate of drug-likeness (QED) is 0.733. The number of hydrogen-bond acceptors (Lipinski definition) is 4.